The van der Waals surface area contributed by atoms with Crippen LogP contribution < -0.4 is 15.2 Å². The molecule has 0 saturated heterocycles. The Bertz CT molecular complexity index is 999. The van der Waals surface area contributed by atoms with Gasteiger partial charge in [0.2, 0.25) is 0 Å². The lowest BCUT2D eigenvalue weighted by Gasteiger charge is -2.17. The van der Waals surface area contributed by atoms with Crippen LogP contribution in [0.3, 0.4) is 0 Å². The fourth-order valence-corrected chi connectivity index (χ4v) is 3.39. The Hall–Kier alpha value is -2.34. The van der Waals surface area contributed by atoms with Crippen LogP contribution in [-0.2, 0) is 16.4 Å². The van der Waals surface area contributed by atoms with E-state index in [1.807, 2.05) is 0 Å². The van der Waals surface area contributed by atoms with Gasteiger partial charge in [-0.2, -0.15) is 25.9 Å². The number of benzene rings is 2. The van der Waals surface area contributed by atoms with E-state index in [1.54, 1.807) is 6.92 Å². The van der Waals surface area contributed by atoms with E-state index in [4.69, 9.17) is 21.5 Å². The van der Waals surface area contributed by atoms with Crippen LogP contribution in [0, 0.1) is 0 Å². The lowest BCUT2D eigenvalue weighted by atomic mass is 10.2. The minimum Gasteiger partial charge on any atom is -0.457 e. The molecule has 3 N–H and O–H groups in total. The van der Waals surface area contributed by atoms with Crippen molar-refractivity contribution in [2.24, 2.45) is 5.14 Å². The molecular weight excluding hydrogens is 447 g/mol. The number of halogens is 4. The second-order valence-corrected chi connectivity index (χ2v) is 8.01. The van der Waals surface area contributed by atoms with Crippen molar-refractivity contribution in [3.8, 4) is 11.5 Å². The molecule has 0 unspecified atom stereocenters. The van der Waals surface area contributed by atoms with Crippen LogP contribution in [-0.4, -0.2) is 38.3 Å². The Morgan fingerprint density at radius 3 is 2.30 bits per heavy atom. The van der Waals surface area contributed by atoms with E-state index in [1.165, 1.54) is 30.3 Å². The van der Waals surface area contributed by atoms with E-state index in [0.29, 0.717) is 0 Å². The maximum Gasteiger partial charge on any atom is 0.417 e. The van der Waals surface area contributed by atoms with Gasteiger partial charge in [-0.05, 0) is 42.5 Å². The van der Waals surface area contributed by atoms with Gasteiger partial charge in [-0.3, -0.25) is 4.79 Å². The van der Waals surface area contributed by atoms with Crippen LogP contribution in [0.4, 0.5) is 13.2 Å². The van der Waals surface area contributed by atoms with E-state index < -0.39 is 32.9 Å². The summed E-state index contributed by atoms with van der Waals surface area (Å²) in [6.07, 6.45) is -4.62. The summed E-state index contributed by atoms with van der Waals surface area (Å²) in [5.41, 5.74) is -0.758. The molecule has 0 aliphatic carbocycles. The maximum absolute atomic E-state index is 12.9. The molecule has 0 atom stereocenters. The van der Waals surface area contributed by atoms with E-state index in [-0.39, 0.29) is 36.7 Å². The first-order valence-electron chi connectivity index (χ1n) is 8.62. The highest BCUT2D eigenvalue weighted by Crippen LogP contribution is 2.37. The van der Waals surface area contributed by atoms with Crippen LogP contribution in [0.25, 0.3) is 0 Å². The number of hydrogen-bond donors (Lipinski definition) is 2. The van der Waals surface area contributed by atoms with Gasteiger partial charge in [-0.1, -0.05) is 18.5 Å². The Kier molecular flexibility index (Phi) is 7.70. The minimum atomic E-state index is -4.62. The van der Waals surface area contributed by atoms with Crippen molar-refractivity contribution in [1.29, 1.82) is 0 Å². The predicted molar refractivity (Wildman–Crippen MR) is 106 cm³/mol. The molecule has 7 nitrogen and oxygen atoms in total. The third-order valence-electron chi connectivity index (χ3n) is 3.95. The molecule has 164 valence electrons. The Morgan fingerprint density at radius 1 is 1.17 bits per heavy atom. The van der Waals surface area contributed by atoms with Gasteiger partial charge in [0, 0.05) is 25.2 Å². The van der Waals surface area contributed by atoms with Gasteiger partial charge in [0.05, 0.1) is 10.6 Å². The molecule has 0 heterocycles. The van der Waals surface area contributed by atoms with Gasteiger partial charge < -0.3 is 10.1 Å². The van der Waals surface area contributed by atoms with Crippen LogP contribution in [0.15, 0.2) is 42.5 Å². The molecule has 0 aliphatic heterocycles. The lowest BCUT2D eigenvalue weighted by Crippen LogP contribution is -2.41. The van der Waals surface area contributed by atoms with Crippen molar-refractivity contribution >= 4 is 27.7 Å². The SMILES string of the molecule is CCN(CCNC(=O)c1ccc(Oc2ccc(Cl)c(C(F)(F)F)c2)cc1)S(N)(=O)=O. The van der Waals surface area contributed by atoms with Gasteiger partial charge in [0.15, 0.2) is 0 Å². The summed E-state index contributed by atoms with van der Waals surface area (Å²) in [5.74, 6) is -0.308. The minimum absolute atomic E-state index is 0.0143. The molecule has 0 bridgehead atoms. The zero-order valence-electron chi connectivity index (χ0n) is 15.7. The molecule has 0 aromatic heterocycles. The van der Waals surface area contributed by atoms with Crippen molar-refractivity contribution in [1.82, 2.24) is 9.62 Å². The summed E-state index contributed by atoms with van der Waals surface area (Å²) in [7, 11) is -3.84. The highest BCUT2D eigenvalue weighted by molar-refractivity contribution is 7.86. The Balaban J connectivity index is 1.99. The number of nitrogens with zero attached hydrogens (tertiary/aromatic N) is 1. The summed E-state index contributed by atoms with van der Waals surface area (Å²) >= 11 is 5.57. The molecular formula is C18H19ClF3N3O4S. The quantitative estimate of drug-likeness (QED) is 0.623. The molecule has 0 saturated carbocycles. The van der Waals surface area contributed by atoms with Gasteiger partial charge in [-0.15, -0.1) is 0 Å². The van der Waals surface area contributed by atoms with Crippen LogP contribution in [0.1, 0.15) is 22.8 Å². The Labute approximate surface area is 176 Å². The van der Waals surface area contributed by atoms with Crippen molar-refractivity contribution < 1.29 is 31.1 Å². The molecule has 0 radical (unpaired) electrons. The summed E-state index contributed by atoms with van der Waals surface area (Å²) in [4.78, 5) is 12.1. The van der Waals surface area contributed by atoms with Gasteiger partial charge >= 0.3 is 6.18 Å². The number of alkyl halides is 3. The maximum atomic E-state index is 12.9. The first kappa shape index (κ1) is 23.9. The van der Waals surface area contributed by atoms with Gasteiger partial charge in [0.1, 0.15) is 11.5 Å². The highest BCUT2D eigenvalue weighted by atomic mass is 35.5. The Morgan fingerprint density at radius 2 is 1.77 bits per heavy atom. The average Bonchev–Trinajstić information content (AvgIpc) is 2.65. The standard InChI is InChI=1S/C18H19ClF3N3O4S/c1-2-25(30(23,27)28)10-9-24-17(26)12-3-5-13(6-4-12)29-14-7-8-16(19)15(11-14)18(20,21)22/h3-8,11H,2,9-10H2,1H3,(H,24,26)(H2,23,27,28). The topological polar surface area (TPSA) is 102 Å². The normalized spacial score (nSPS) is 12.1. The van der Waals surface area contributed by atoms with Crippen LogP contribution >= 0.6 is 11.6 Å². The monoisotopic (exact) mass is 465 g/mol. The largest absolute Gasteiger partial charge is 0.457 e. The van der Waals surface area contributed by atoms with E-state index >= 15 is 0 Å². The molecule has 2 aromatic rings. The molecule has 0 aliphatic rings. The summed E-state index contributed by atoms with van der Waals surface area (Å²) in [6.45, 7) is 1.84. The van der Waals surface area contributed by atoms with Gasteiger partial charge in [0.25, 0.3) is 16.1 Å². The van der Waals surface area contributed by atoms with Crippen molar-refractivity contribution in [3.63, 3.8) is 0 Å². The molecule has 1 amide bonds. The summed E-state index contributed by atoms with van der Waals surface area (Å²) in [5, 5.41) is 7.16. The van der Waals surface area contributed by atoms with Crippen molar-refractivity contribution in [2.75, 3.05) is 19.6 Å². The van der Waals surface area contributed by atoms with E-state index in [0.717, 1.165) is 16.4 Å². The zero-order chi connectivity index (χ0) is 22.5. The molecule has 30 heavy (non-hydrogen) atoms. The number of likely N-dealkylation sites (N-methyl/N-ethyl adjacent to an activating group) is 1. The lowest BCUT2D eigenvalue weighted by molar-refractivity contribution is -0.137. The summed E-state index contributed by atoms with van der Waals surface area (Å²) < 4.78 is 67.8. The molecule has 12 heteroatoms. The van der Waals surface area contributed by atoms with E-state index in [9.17, 15) is 26.4 Å². The number of amides is 1. The third-order valence-corrected chi connectivity index (χ3v) is 5.44. The molecule has 0 spiro atoms. The van der Waals surface area contributed by atoms with Crippen LogP contribution in [0.5, 0.6) is 11.5 Å². The number of carbonyl (C=O) groups is 1. The first-order chi connectivity index (χ1) is 13.9. The fraction of sp³-hybridized carbons (Fsp3) is 0.278. The molecule has 2 rings (SSSR count). The second-order valence-electron chi connectivity index (χ2n) is 6.06. The second kappa shape index (κ2) is 9.65. The predicted octanol–water partition coefficient (Wildman–Crippen LogP) is 3.41. The molecule has 2 aromatic carbocycles. The first-order valence-corrected chi connectivity index (χ1v) is 10.5. The fourth-order valence-electron chi connectivity index (χ4n) is 2.46. The smallest absolute Gasteiger partial charge is 0.417 e. The van der Waals surface area contributed by atoms with Crippen molar-refractivity contribution in [3.05, 3.63) is 58.6 Å². The third kappa shape index (κ3) is 6.59. The number of rotatable bonds is 8. The number of hydrogen-bond acceptors (Lipinski definition) is 4. The van der Waals surface area contributed by atoms with Crippen LogP contribution in [0.2, 0.25) is 5.02 Å². The number of nitrogens with one attached hydrogen (secondary N) is 1. The highest BCUT2D eigenvalue weighted by Gasteiger charge is 2.33. The molecule has 0 fully saturated rings. The summed E-state index contributed by atoms with van der Waals surface area (Å²) in [6, 6.07) is 8.84. The van der Waals surface area contributed by atoms with Crippen molar-refractivity contribution in [2.45, 2.75) is 13.1 Å². The number of nitrogens with two attached hydrogens (primary N) is 1. The number of carbonyl (C=O) groups excluding carboxylic acids is 1. The van der Waals surface area contributed by atoms with E-state index in [2.05, 4.69) is 5.32 Å². The number of ether oxygens (including phenoxy) is 1. The van der Waals surface area contributed by atoms with Gasteiger partial charge in [-0.25, -0.2) is 5.14 Å². The zero-order valence-corrected chi connectivity index (χ0v) is 17.3. The average molecular weight is 466 g/mol.